The number of aromatic nitrogens is 2. The smallest absolute Gasteiger partial charge is 0.337 e. The number of rotatable bonds is 5. The zero-order valence-electron chi connectivity index (χ0n) is 15.8. The van der Waals surface area contributed by atoms with Gasteiger partial charge in [0.05, 0.1) is 30.6 Å². The molecule has 0 saturated carbocycles. The quantitative estimate of drug-likeness (QED) is 0.686. The van der Waals surface area contributed by atoms with E-state index in [9.17, 15) is 14.0 Å². The Bertz CT molecular complexity index is 1030. The Morgan fingerprint density at radius 1 is 1.14 bits per heavy atom. The van der Waals surface area contributed by atoms with E-state index in [-0.39, 0.29) is 17.8 Å². The van der Waals surface area contributed by atoms with E-state index in [0.717, 1.165) is 11.3 Å². The highest BCUT2D eigenvalue weighted by Gasteiger charge is 2.18. The second kappa shape index (κ2) is 8.04. The van der Waals surface area contributed by atoms with Gasteiger partial charge in [0.2, 0.25) is 0 Å². The SMILES string of the molecule is COC(=O)c1cccc(C(=O)N[C@H](C)c2cnn(-c3cccc(F)c3)c2C)c1. The molecular formula is C21H20FN3O3. The number of nitrogens with one attached hydrogen (secondary N) is 1. The number of halogens is 1. The van der Waals surface area contributed by atoms with Crippen LogP contribution >= 0.6 is 0 Å². The largest absolute Gasteiger partial charge is 0.465 e. The fourth-order valence-electron chi connectivity index (χ4n) is 2.98. The second-order valence-corrected chi connectivity index (χ2v) is 6.34. The minimum Gasteiger partial charge on any atom is -0.465 e. The fourth-order valence-corrected chi connectivity index (χ4v) is 2.98. The van der Waals surface area contributed by atoms with Gasteiger partial charge < -0.3 is 10.1 Å². The highest BCUT2D eigenvalue weighted by Crippen LogP contribution is 2.21. The maximum Gasteiger partial charge on any atom is 0.337 e. The van der Waals surface area contributed by atoms with E-state index in [1.807, 2.05) is 13.8 Å². The lowest BCUT2D eigenvalue weighted by atomic mass is 10.1. The van der Waals surface area contributed by atoms with Gasteiger partial charge in [-0.3, -0.25) is 4.79 Å². The number of amides is 1. The van der Waals surface area contributed by atoms with E-state index in [2.05, 4.69) is 15.2 Å². The fraction of sp³-hybridized carbons (Fsp3) is 0.190. The summed E-state index contributed by atoms with van der Waals surface area (Å²) >= 11 is 0. The Kier molecular flexibility index (Phi) is 5.54. The van der Waals surface area contributed by atoms with Crippen LogP contribution in [-0.2, 0) is 4.74 Å². The monoisotopic (exact) mass is 381 g/mol. The number of nitrogens with zero attached hydrogens (tertiary/aromatic N) is 2. The van der Waals surface area contributed by atoms with Crippen molar-refractivity contribution in [3.05, 3.63) is 82.9 Å². The van der Waals surface area contributed by atoms with Gasteiger partial charge in [0, 0.05) is 16.8 Å². The van der Waals surface area contributed by atoms with Gasteiger partial charge in [-0.05, 0) is 50.2 Å². The first-order chi connectivity index (χ1) is 13.4. The van der Waals surface area contributed by atoms with E-state index in [1.165, 1.54) is 25.3 Å². The third-order valence-corrected chi connectivity index (χ3v) is 4.46. The molecular weight excluding hydrogens is 361 g/mol. The topological polar surface area (TPSA) is 73.2 Å². The van der Waals surface area contributed by atoms with Crippen LogP contribution in [0.4, 0.5) is 4.39 Å². The van der Waals surface area contributed by atoms with E-state index < -0.39 is 5.97 Å². The molecule has 2 aromatic carbocycles. The van der Waals surface area contributed by atoms with Crippen LogP contribution in [0.2, 0.25) is 0 Å². The third-order valence-electron chi connectivity index (χ3n) is 4.46. The molecule has 0 saturated heterocycles. The van der Waals surface area contributed by atoms with Gasteiger partial charge in [-0.1, -0.05) is 12.1 Å². The number of carbonyl (C=O) groups excluding carboxylic acids is 2. The third kappa shape index (κ3) is 3.93. The van der Waals surface area contributed by atoms with Crippen molar-refractivity contribution in [3.63, 3.8) is 0 Å². The number of esters is 1. The molecule has 0 aliphatic carbocycles. The Morgan fingerprint density at radius 2 is 1.86 bits per heavy atom. The molecule has 1 aromatic heterocycles. The van der Waals surface area contributed by atoms with Crippen molar-refractivity contribution in [1.29, 1.82) is 0 Å². The van der Waals surface area contributed by atoms with Crippen molar-refractivity contribution in [2.75, 3.05) is 7.11 Å². The van der Waals surface area contributed by atoms with Gasteiger partial charge in [-0.25, -0.2) is 13.9 Å². The lowest BCUT2D eigenvalue weighted by Crippen LogP contribution is -2.27. The van der Waals surface area contributed by atoms with Crippen LogP contribution in [0.1, 0.15) is 44.9 Å². The average Bonchev–Trinajstić information content (AvgIpc) is 3.09. The molecule has 0 fully saturated rings. The zero-order valence-corrected chi connectivity index (χ0v) is 15.8. The maximum atomic E-state index is 13.5. The van der Waals surface area contributed by atoms with Crippen molar-refractivity contribution in [2.24, 2.45) is 0 Å². The van der Waals surface area contributed by atoms with Crippen LogP contribution in [0.25, 0.3) is 5.69 Å². The lowest BCUT2D eigenvalue weighted by molar-refractivity contribution is 0.0600. The standard InChI is InChI=1S/C21H20FN3O3/c1-13(24-20(26)15-6-4-7-16(10-15)21(27)28-3)19-12-23-25(14(19)2)18-9-5-8-17(22)11-18/h4-13H,1-3H3,(H,24,26)/t13-/m1/s1. The molecule has 28 heavy (non-hydrogen) atoms. The van der Waals surface area contributed by atoms with Crippen molar-refractivity contribution in [1.82, 2.24) is 15.1 Å². The number of hydrogen-bond donors (Lipinski definition) is 1. The van der Waals surface area contributed by atoms with E-state index in [1.54, 1.807) is 41.2 Å². The molecule has 3 rings (SSSR count). The zero-order chi connectivity index (χ0) is 20.3. The summed E-state index contributed by atoms with van der Waals surface area (Å²) in [6, 6.07) is 12.1. The van der Waals surface area contributed by atoms with E-state index in [0.29, 0.717) is 16.8 Å². The Labute approximate surface area is 161 Å². The van der Waals surface area contributed by atoms with Crippen molar-refractivity contribution < 1.29 is 18.7 Å². The summed E-state index contributed by atoms with van der Waals surface area (Å²) in [5.74, 6) is -1.17. The summed E-state index contributed by atoms with van der Waals surface area (Å²) in [6.45, 7) is 3.69. The molecule has 0 bridgehead atoms. The minimum atomic E-state index is -0.505. The second-order valence-electron chi connectivity index (χ2n) is 6.34. The molecule has 7 heteroatoms. The lowest BCUT2D eigenvalue weighted by Gasteiger charge is -2.14. The highest BCUT2D eigenvalue weighted by atomic mass is 19.1. The summed E-state index contributed by atoms with van der Waals surface area (Å²) < 4.78 is 19.8. The van der Waals surface area contributed by atoms with Crippen LogP contribution in [0.15, 0.2) is 54.7 Å². The van der Waals surface area contributed by atoms with E-state index >= 15 is 0 Å². The summed E-state index contributed by atoms with van der Waals surface area (Å²) in [4.78, 5) is 24.2. The number of carbonyl (C=O) groups is 2. The predicted molar refractivity (Wildman–Crippen MR) is 102 cm³/mol. The summed E-state index contributed by atoms with van der Waals surface area (Å²) in [6.07, 6.45) is 1.65. The first-order valence-corrected chi connectivity index (χ1v) is 8.70. The summed E-state index contributed by atoms with van der Waals surface area (Å²) in [5.41, 5.74) is 2.86. The van der Waals surface area contributed by atoms with Crippen molar-refractivity contribution in [3.8, 4) is 5.69 Å². The predicted octanol–water partition coefficient (Wildman–Crippen LogP) is 3.60. The van der Waals surface area contributed by atoms with Crippen molar-refractivity contribution >= 4 is 11.9 Å². The normalized spacial score (nSPS) is 11.7. The van der Waals surface area contributed by atoms with Crippen LogP contribution < -0.4 is 5.32 Å². The number of methoxy groups -OCH3 is 1. The molecule has 0 aliphatic heterocycles. The highest BCUT2D eigenvalue weighted by molar-refractivity contribution is 5.98. The summed E-state index contributed by atoms with van der Waals surface area (Å²) in [5, 5.41) is 7.21. The number of hydrogen-bond acceptors (Lipinski definition) is 4. The van der Waals surface area contributed by atoms with Crippen molar-refractivity contribution in [2.45, 2.75) is 19.9 Å². The first kappa shape index (κ1) is 19.3. The number of ether oxygens (including phenoxy) is 1. The van der Waals surface area contributed by atoms with E-state index in [4.69, 9.17) is 0 Å². The van der Waals surface area contributed by atoms with Gasteiger partial charge in [-0.2, -0.15) is 5.10 Å². The van der Waals surface area contributed by atoms with Crippen LogP contribution in [0.3, 0.4) is 0 Å². The maximum absolute atomic E-state index is 13.5. The van der Waals surface area contributed by atoms with Gasteiger partial charge in [0.1, 0.15) is 5.82 Å². The molecule has 0 aliphatic rings. The molecule has 1 atom stereocenters. The Hall–Kier alpha value is -3.48. The molecule has 6 nitrogen and oxygen atoms in total. The summed E-state index contributed by atoms with van der Waals surface area (Å²) in [7, 11) is 1.29. The molecule has 1 amide bonds. The van der Waals surface area contributed by atoms with Crippen LogP contribution in [0, 0.1) is 12.7 Å². The minimum absolute atomic E-state index is 0.304. The molecule has 1 N–H and O–H groups in total. The van der Waals surface area contributed by atoms with Gasteiger partial charge >= 0.3 is 5.97 Å². The van der Waals surface area contributed by atoms with Gasteiger partial charge in [0.15, 0.2) is 0 Å². The van der Waals surface area contributed by atoms with Gasteiger partial charge in [-0.15, -0.1) is 0 Å². The molecule has 0 spiro atoms. The Morgan fingerprint density at radius 3 is 2.57 bits per heavy atom. The number of benzene rings is 2. The molecule has 144 valence electrons. The van der Waals surface area contributed by atoms with Crippen LogP contribution in [0.5, 0.6) is 0 Å². The molecule has 0 radical (unpaired) electrons. The molecule has 0 unspecified atom stereocenters. The Balaban J connectivity index is 1.79. The first-order valence-electron chi connectivity index (χ1n) is 8.70. The molecule has 1 heterocycles. The molecule has 3 aromatic rings. The van der Waals surface area contributed by atoms with Gasteiger partial charge in [0.25, 0.3) is 5.91 Å². The average molecular weight is 381 g/mol. The van der Waals surface area contributed by atoms with Crippen LogP contribution in [-0.4, -0.2) is 28.8 Å².